The molecule has 1 aliphatic rings. The standard InChI is InChI=1S/C14H20N2O/c1-12-4-6-13(7-5-12)14(17)16-10-2-8-15-9-3-11-16/h4-7,15H,2-3,8-11H2,1H3. The second kappa shape index (κ2) is 5.82. The maximum Gasteiger partial charge on any atom is 0.253 e. The Balaban J connectivity index is 2.04. The third kappa shape index (κ3) is 3.30. The Morgan fingerprint density at radius 3 is 2.29 bits per heavy atom. The Kier molecular flexibility index (Phi) is 4.15. The molecule has 1 N–H and O–H groups in total. The van der Waals surface area contributed by atoms with Crippen molar-refractivity contribution in [2.75, 3.05) is 26.2 Å². The predicted octanol–water partition coefficient (Wildman–Crippen LogP) is 1.82. The lowest BCUT2D eigenvalue weighted by molar-refractivity contribution is 0.0745. The van der Waals surface area contributed by atoms with Crippen LogP contribution in [0.2, 0.25) is 0 Å². The molecule has 1 aromatic carbocycles. The molecular weight excluding hydrogens is 212 g/mol. The first kappa shape index (κ1) is 12.1. The number of amides is 1. The molecule has 1 amide bonds. The SMILES string of the molecule is Cc1ccc(C(=O)N2CCCNCCC2)cc1. The first-order valence-electron chi connectivity index (χ1n) is 6.34. The van der Waals surface area contributed by atoms with E-state index in [1.165, 1.54) is 5.56 Å². The summed E-state index contributed by atoms with van der Waals surface area (Å²) in [6.45, 7) is 5.78. The molecule has 3 heteroatoms. The highest BCUT2D eigenvalue weighted by atomic mass is 16.2. The molecule has 0 aliphatic carbocycles. The van der Waals surface area contributed by atoms with Gasteiger partial charge >= 0.3 is 0 Å². The fraction of sp³-hybridized carbons (Fsp3) is 0.500. The van der Waals surface area contributed by atoms with Gasteiger partial charge in [0, 0.05) is 18.7 Å². The van der Waals surface area contributed by atoms with Crippen molar-refractivity contribution in [3.05, 3.63) is 35.4 Å². The minimum atomic E-state index is 0.173. The van der Waals surface area contributed by atoms with Crippen molar-refractivity contribution in [2.24, 2.45) is 0 Å². The zero-order valence-electron chi connectivity index (χ0n) is 10.4. The Morgan fingerprint density at radius 1 is 1.12 bits per heavy atom. The van der Waals surface area contributed by atoms with Crippen molar-refractivity contribution in [2.45, 2.75) is 19.8 Å². The van der Waals surface area contributed by atoms with Gasteiger partial charge in [0.05, 0.1) is 0 Å². The van der Waals surface area contributed by atoms with Gasteiger partial charge in [0.25, 0.3) is 5.91 Å². The summed E-state index contributed by atoms with van der Waals surface area (Å²) >= 11 is 0. The Bertz CT molecular complexity index is 364. The quantitative estimate of drug-likeness (QED) is 0.801. The molecule has 0 radical (unpaired) electrons. The number of nitrogens with zero attached hydrogens (tertiary/aromatic N) is 1. The van der Waals surface area contributed by atoms with Gasteiger partial charge in [-0.3, -0.25) is 4.79 Å². The molecule has 1 fully saturated rings. The highest BCUT2D eigenvalue weighted by molar-refractivity contribution is 5.94. The van der Waals surface area contributed by atoms with Gasteiger partial charge < -0.3 is 10.2 Å². The molecule has 0 saturated carbocycles. The number of carbonyl (C=O) groups excluding carboxylic acids is 1. The van der Waals surface area contributed by atoms with Gasteiger partial charge in [-0.05, 0) is 45.0 Å². The van der Waals surface area contributed by atoms with Gasteiger partial charge in [0.15, 0.2) is 0 Å². The van der Waals surface area contributed by atoms with Crippen molar-refractivity contribution in [3.8, 4) is 0 Å². The Labute approximate surface area is 103 Å². The van der Waals surface area contributed by atoms with Crippen LogP contribution in [-0.2, 0) is 0 Å². The number of benzene rings is 1. The molecular formula is C14H20N2O. The summed E-state index contributed by atoms with van der Waals surface area (Å²) in [6, 6.07) is 7.85. The summed E-state index contributed by atoms with van der Waals surface area (Å²) in [5.41, 5.74) is 2.00. The number of aryl methyl sites for hydroxylation is 1. The summed E-state index contributed by atoms with van der Waals surface area (Å²) in [6.07, 6.45) is 2.08. The highest BCUT2D eigenvalue weighted by Crippen LogP contribution is 2.09. The number of carbonyl (C=O) groups is 1. The van der Waals surface area contributed by atoms with E-state index in [9.17, 15) is 4.79 Å². The third-order valence-corrected chi connectivity index (χ3v) is 3.15. The van der Waals surface area contributed by atoms with Crippen LogP contribution in [0.25, 0.3) is 0 Å². The van der Waals surface area contributed by atoms with Crippen LogP contribution < -0.4 is 5.32 Å². The highest BCUT2D eigenvalue weighted by Gasteiger charge is 2.15. The fourth-order valence-corrected chi connectivity index (χ4v) is 2.11. The largest absolute Gasteiger partial charge is 0.339 e. The average Bonchev–Trinajstić information content (AvgIpc) is 2.29. The number of hydrogen-bond donors (Lipinski definition) is 1. The first-order chi connectivity index (χ1) is 8.27. The molecule has 1 aromatic rings. The summed E-state index contributed by atoms with van der Waals surface area (Å²) in [4.78, 5) is 14.3. The van der Waals surface area contributed by atoms with Crippen LogP contribution in [0, 0.1) is 6.92 Å². The van der Waals surface area contributed by atoms with Crippen LogP contribution in [0.3, 0.4) is 0 Å². The fourth-order valence-electron chi connectivity index (χ4n) is 2.11. The van der Waals surface area contributed by atoms with E-state index in [4.69, 9.17) is 0 Å². The number of hydrogen-bond acceptors (Lipinski definition) is 2. The van der Waals surface area contributed by atoms with E-state index >= 15 is 0 Å². The van der Waals surface area contributed by atoms with Crippen LogP contribution >= 0.6 is 0 Å². The zero-order valence-corrected chi connectivity index (χ0v) is 10.4. The van der Waals surface area contributed by atoms with Gasteiger partial charge in [-0.1, -0.05) is 17.7 Å². The van der Waals surface area contributed by atoms with E-state index in [-0.39, 0.29) is 5.91 Å². The van der Waals surface area contributed by atoms with Crippen LogP contribution in [0.5, 0.6) is 0 Å². The molecule has 3 nitrogen and oxygen atoms in total. The van der Waals surface area contributed by atoms with Crippen molar-refractivity contribution < 1.29 is 4.79 Å². The second-order valence-electron chi connectivity index (χ2n) is 4.62. The smallest absolute Gasteiger partial charge is 0.253 e. The first-order valence-corrected chi connectivity index (χ1v) is 6.34. The van der Waals surface area contributed by atoms with Crippen LogP contribution in [0.15, 0.2) is 24.3 Å². The number of nitrogens with one attached hydrogen (secondary N) is 1. The Hall–Kier alpha value is -1.35. The lowest BCUT2D eigenvalue weighted by Gasteiger charge is -2.25. The molecule has 92 valence electrons. The summed E-state index contributed by atoms with van der Waals surface area (Å²) in [5.74, 6) is 0.173. The molecule has 1 saturated heterocycles. The van der Waals surface area contributed by atoms with Crippen molar-refractivity contribution in [1.29, 1.82) is 0 Å². The van der Waals surface area contributed by atoms with E-state index in [1.807, 2.05) is 36.1 Å². The minimum Gasteiger partial charge on any atom is -0.339 e. The second-order valence-corrected chi connectivity index (χ2v) is 4.62. The third-order valence-electron chi connectivity index (χ3n) is 3.15. The summed E-state index contributed by atoms with van der Waals surface area (Å²) in [7, 11) is 0. The molecule has 2 rings (SSSR count). The van der Waals surface area contributed by atoms with Gasteiger partial charge in [-0.15, -0.1) is 0 Å². The molecule has 17 heavy (non-hydrogen) atoms. The lowest BCUT2D eigenvalue weighted by Crippen LogP contribution is -2.38. The van der Waals surface area contributed by atoms with E-state index < -0.39 is 0 Å². The van der Waals surface area contributed by atoms with Crippen molar-refractivity contribution in [3.63, 3.8) is 0 Å². The van der Waals surface area contributed by atoms with Gasteiger partial charge in [0.1, 0.15) is 0 Å². The van der Waals surface area contributed by atoms with E-state index in [0.717, 1.165) is 44.6 Å². The molecule has 0 bridgehead atoms. The lowest BCUT2D eigenvalue weighted by atomic mass is 10.1. The molecule has 0 unspecified atom stereocenters. The summed E-state index contributed by atoms with van der Waals surface area (Å²) in [5, 5.41) is 3.36. The van der Waals surface area contributed by atoms with Gasteiger partial charge in [-0.25, -0.2) is 0 Å². The van der Waals surface area contributed by atoms with E-state index in [0.29, 0.717) is 0 Å². The number of rotatable bonds is 1. The van der Waals surface area contributed by atoms with Crippen LogP contribution in [-0.4, -0.2) is 37.0 Å². The molecule has 1 aliphatic heterocycles. The van der Waals surface area contributed by atoms with Gasteiger partial charge in [0.2, 0.25) is 0 Å². The maximum atomic E-state index is 12.3. The summed E-state index contributed by atoms with van der Waals surface area (Å²) < 4.78 is 0. The van der Waals surface area contributed by atoms with Gasteiger partial charge in [-0.2, -0.15) is 0 Å². The monoisotopic (exact) mass is 232 g/mol. The Morgan fingerprint density at radius 2 is 1.71 bits per heavy atom. The van der Waals surface area contributed by atoms with Crippen LogP contribution in [0.4, 0.5) is 0 Å². The minimum absolute atomic E-state index is 0.173. The predicted molar refractivity (Wildman–Crippen MR) is 69.2 cm³/mol. The molecule has 0 atom stereocenters. The molecule has 0 aromatic heterocycles. The maximum absolute atomic E-state index is 12.3. The van der Waals surface area contributed by atoms with E-state index in [1.54, 1.807) is 0 Å². The normalized spacial score (nSPS) is 17.4. The zero-order chi connectivity index (χ0) is 12.1. The van der Waals surface area contributed by atoms with Crippen LogP contribution in [0.1, 0.15) is 28.8 Å². The topological polar surface area (TPSA) is 32.3 Å². The van der Waals surface area contributed by atoms with Crippen molar-refractivity contribution >= 4 is 5.91 Å². The molecule has 0 spiro atoms. The van der Waals surface area contributed by atoms with E-state index in [2.05, 4.69) is 5.32 Å². The average molecular weight is 232 g/mol. The molecule has 1 heterocycles. The van der Waals surface area contributed by atoms with Crippen molar-refractivity contribution in [1.82, 2.24) is 10.2 Å².